The van der Waals surface area contributed by atoms with Gasteiger partial charge in [0.25, 0.3) is 5.91 Å². The predicted octanol–water partition coefficient (Wildman–Crippen LogP) is 3.56. The van der Waals surface area contributed by atoms with Crippen molar-refractivity contribution in [3.8, 4) is 11.1 Å². The molecule has 1 atom stereocenters. The molecule has 0 radical (unpaired) electrons. The number of hydrogen-bond donors (Lipinski definition) is 0. The first-order valence-electron chi connectivity index (χ1n) is 11.2. The van der Waals surface area contributed by atoms with Crippen molar-refractivity contribution in [1.82, 2.24) is 19.6 Å². The number of amides is 2. The Morgan fingerprint density at radius 2 is 1.84 bits per heavy atom. The fraction of sp³-hybridized carbons (Fsp3) is 0.346. The number of likely N-dealkylation sites (N-methyl/N-ethyl adjacent to an activating group) is 1. The summed E-state index contributed by atoms with van der Waals surface area (Å²) in [7, 11) is 1.77. The van der Waals surface area contributed by atoms with Gasteiger partial charge in [0.1, 0.15) is 5.69 Å². The summed E-state index contributed by atoms with van der Waals surface area (Å²) in [6, 6.07) is 18.6. The van der Waals surface area contributed by atoms with Gasteiger partial charge in [0.05, 0.1) is 5.92 Å². The lowest BCUT2D eigenvalue weighted by Gasteiger charge is -2.23. The van der Waals surface area contributed by atoms with Crippen molar-refractivity contribution in [2.24, 2.45) is 13.0 Å². The Bertz CT molecular complexity index is 1100. The van der Waals surface area contributed by atoms with Crippen molar-refractivity contribution in [1.29, 1.82) is 0 Å². The first kappa shape index (κ1) is 21.8. The SMILES string of the molecule is CCN1CCN(C(=O)c2ccnn2C)CC(Cc2ccc(-c3cccc(C)c3)cc2)C1=O. The van der Waals surface area contributed by atoms with E-state index in [2.05, 4.69) is 60.6 Å². The third-order valence-corrected chi connectivity index (χ3v) is 6.24. The second-order valence-electron chi connectivity index (χ2n) is 8.48. The average Bonchev–Trinajstić information content (AvgIpc) is 3.16. The van der Waals surface area contributed by atoms with Crippen molar-refractivity contribution in [3.05, 3.63) is 77.6 Å². The molecule has 1 fully saturated rings. The quantitative estimate of drug-likeness (QED) is 0.622. The fourth-order valence-electron chi connectivity index (χ4n) is 4.38. The van der Waals surface area contributed by atoms with Crippen molar-refractivity contribution < 1.29 is 9.59 Å². The van der Waals surface area contributed by atoms with E-state index in [9.17, 15) is 9.59 Å². The maximum atomic E-state index is 13.2. The van der Waals surface area contributed by atoms with E-state index < -0.39 is 0 Å². The lowest BCUT2D eigenvalue weighted by Crippen LogP contribution is -2.38. The van der Waals surface area contributed by atoms with Gasteiger partial charge in [0.2, 0.25) is 5.91 Å². The summed E-state index contributed by atoms with van der Waals surface area (Å²) in [4.78, 5) is 30.0. The molecule has 32 heavy (non-hydrogen) atoms. The minimum absolute atomic E-state index is 0.0736. The van der Waals surface area contributed by atoms with Crippen LogP contribution in [0.25, 0.3) is 11.1 Å². The molecule has 0 bridgehead atoms. The molecule has 1 aliphatic heterocycles. The van der Waals surface area contributed by atoms with E-state index in [4.69, 9.17) is 0 Å². The van der Waals surface area contributed by atoms with Gasteiger partial charge in [0.15, 0.2) is 0 Å². The Labute approximate surface area is 189 Å². The van der Waals surface area contributed by atoms with Crippen LogP contribution < -0.4 is 0 Å². The second-order valence-corrected chi connectivity index (χ2v) is 8.48. The van der Waals surface area contributed by atoms with Gasteiger partial charge in [-0.05, 0) is 43.0 Å². The maximum Gasteiger partial charge on any atom is 0.272 e. The van der Waals surface area contributed by atoms with Crippen LogP contribution in [0.15, 0.2) is 60.8 Å². The minimum atomic E-state index is -0.264. The van der Waals surface area contributed by atoms with Crippen LogP contribution >= 0.6 is 0 Å². The summed E-state index contributed by atoms with van der Waals surface area (Å²) in [6.07, 6.45) is 2.24. The molecule has 0 saturated carbocycles. The molecule has 0 N–H and O–H groups in total. The number of carbonyl (C=O) groups excluding carboxylic acids is 2. The molecule has 1 unspecified atom stereocenters. The zero-order valence-corrected chi connectivity index (χ0v) is 19.0. The summed E-state index contributed by atoms with van der Waals surface area (Å²) >= 11 is 0. The van der Waals surface area contributed by atoms with Crippen molar-refractivity contribution in [2.75, 3.05) is 26.2 Å². The molecule has 6 heteroatoms. The molecular formula is C26H30N4O2. The summed E-state index contributed by atoms with van der Waals surface area (Å²) in [5, 5.41) is 4.12. The molecule has 3 aromatic rings. The molecule has 2 aromatic carbocycles. The van der Waals surface area contributed by atoms with Gasteiger partial charge in [-0.1, -0.05) is 54.1 Å². The first-order valence-corrected chi connectivity index (χ1v) is 11.2. The Balaban J connectivity index is 1.54. The highest BCUT2D eigenvalue weighted by molar-refractivity contribution is 5.93. The summed E-state index contributed by atoms with van der Waals surface area (Å²) in [6.45, 7) is 6.24. The van der Waals surface area contributed by atoms with Crippen LogP contribution in [0, 0.1) is 12.8 Å². The van der Waals surface area contributed by atoms with Gasteiger partial charge in [-0.2, -0.15) is 5.10 Å². The fourth-order valence-corrected chi connectivity index (χ4v) is 4.38. The molecule has 2 amide bonds. The Morgan fingerprint density at radius 1 is 1.06 bits per heavy atom. The van der Waals surface area contributed by atoms with E-state index in [-0.39, 0.29) is 17.7 Å². The Morgan fingerprint density at radius 3 is 2.50 bits per heavy atom. The van der Waals surface area contributed by atoms with Crippen LogP contribution in [-0.2, 0) is 18.3 Å². The van der Waals surface area contributed by atoms with Gasteiger partial charge >= 0.3 is 0 Å². The van der Waals surface area contributed by atoms with Crippen molar-refractivity contribution >= 4 is 11.8 Å². The molecule has 166 valence electrons. The Hall–Kier alpha value is -3.41. The van der Waals surface area contributed by atoms with Crippen LogP contribution in [0.2, 0.25) is 0 Å². The normalized spacial score (nSPS) is 16.8. The van der Waals surface area contributed by atoms with E-state index in [1.54, 1.807) is 28.9 Å². The van der Waals surface area contributed by atoms with E-state index in [1.807, 2.05) is 11.8 Å². The van der Waals surface area contributed by atoms with Gasteiger partial charge in [-0.15, -0.1) is 0 Å². The summed E-state index contributed by atoms with van der Waals surface area (Å²) in [5.41, 5.74) is 5.22. The van der Waals surface area contributed by atoms with E-state index in [0.29, 0.717) is 38.3 Å². The third kappa shape index (κ3) is 4.59. The number of hydrogen-bond acceptors (Lipinski definition) is 3. The van der Waals surface area contributed by atoms with E-state index in [1.165, 1.54) is 11.1 Å². The van der Waals surface area contributed by atoms with Crippen LogP contribution in [0.3, 0.4) is 0 Å². The molecule has 1 saturated heterocycles. The lowest BCUT2D eigenvalue weighted by molar-refractivity contribution is -0.134. The molecule has 6 nitrogen and oxygen atoms in total. The number of benzene rings is 2. The van der Waals surface area contributed by atoms with E-state index >= 15 is 0 Å². The zero-order valence-electron chi connectivity index (χ0n) is 19.0. The standard InChI is InChI=1S/C26H30N4O2/c1-4-29-14-15-30(26(32)24-12-13-27-28(24)3)18-23(25(29)31)17-20-8-10-21(11-9-20)22-7-5-6-19(2)16-22/h5-13,16,23H,4,14-15,17-18H2,1-3H3. The summed E-state index contributed by atoms with van der Waals surface area (Å²) in [5.74, 6) is -0.217. The molecule has 0 spiro atoms. The number of aromatic nitrogens is 2. The second kappa shape index (κ2) is 9.39. The lowest BCUT2D eigenvalue weighted by atomic mass is 9.95. The summed E-state index contributed by atoms with van der Waals surface area (Å²) < 4.78 is 1.59. The van der Waals surface area contributed by atoms with Gasteiger partial charge in [0, 0.05) is 39.4 Å². The molecule has 0 aliphatic carbocycles. The molecular weight excluding hydrogens is 400 g/mol. The largest absolute Gasteiger partial charge is 0.341 e. The molecule has 2 heterocycles. The maximum absolute atomic E-state index is 13.2. The molecule has 4 rings (SSSR count). The average molecular weight is 431 g/mol. The molecule has 1 aromatic heterocycles. The van der Waals surface area contributed by atoms with Gasteiger partial charge in [-0.3, -0.25) is 14.3 Å². The topological polar surface area (TPSA) is 58.4 Å². The highest BCUT2D eigenvalue weighted by Gasteiger charge is 2.32. The van der Waals surface area contributed by atoms with Crippen molar-refractivity contribution in [3.63, 3.8) is 0 Å². The third-order valence-electron chi connectivity index (χ3n) is 6.24. The molecule has 1 aliphatic rings. The smallest absolute Gasteiger partial charge is 0.272 e. The van der Waals surface area contributed by atoms with Crippen molar-refractivity contribution in [2.45, 2.75) is 20.3 Å². The van der Waals surface area contributed by atoms with E-state index in [0.717, 1.165) is 11.1 Å². The first-order chi connectivity index (χ1) is 15.5. The minimum Gasteiger partial charge on any atom is -0.341 e. The number of rotatable bonds is 5. The Kier molecular flexibility index (Phi) is 6.40. The zero-order chi connectivity index (χ0) is 22.7. The number of carbonyl (C=O) groups is 2. The van der Waals surface area contributed by atoms with Gasteiger partial charge in [-0.25, -0.2) is 0 Å². The van der Waals surface area contributed by atoms with Gasteiger partial charge < -0.3 is 9.80 Å². The number of nitrogens with zero attached hydrogens (tertiary/aromatic N) is 4. The van der Waals surface area contributed by atoms with Crippen LogP contribution in [0.4, 0.5) is 0 Å². The van der Waals surface area contributed by atoms with Crippen LogP contribution in [0.5, 0.6) is 0 Å². The number of aryl methyl sites for hydroxylation is 2. The van der Waals surface area contributed by atoms with Crippen LogP contribution in [-0.4, -0.2) is 57.6 Å². The highest BCUT2D eigenvalue weighted by atomic mass is 16.2. The predicted molar refractivity (Wildman–Crippen MR) is 125 cm³/mol. The van der Waals surface area contributed by atoms with Crippen LogP contribution in [0.1, 0.15) is 28.5 Å². The monoisotopic (exact) mass is 430 g/mol. The highest BCUT2D eigenvalue weighted by Crippen LogP contribution is 2.23.